The van der Waals surface area contributed by atoms with Crippen molar-refractivity contribution in [3.63, 3.8) is 0 Å². The number of ether oxygens (including phenoxy) is 2. The lowest BCUT2D eigenvalue weighted by molar-refractivity contribution is -0.271. The molecule has 2 aromatic rings. The summed E-state index contributed by atoms with van der Waals surface area (Å²) < 4.78 is 10.1. The summed E-state index contributed by atoms with van der Waals surface area (Å²) in [6.07, 6.45) is 1.24. The molecule has 0 saturated heterocycles. The van der Waals surface area contributed by atoms with Crippen LogP contribution < -0.4 is 9.84 Å². The molecule has 0 bridgehead atoms. The van der Waals surface area contributed by atoms with Gasteiger partial charge in [0.2, 0.25) is 0 Å². The van der Waals surface area contributed by atoms with Crippen molar-refractivity contribution in [3.8, 4) is 5.88 Å². The molecule has 0 unspecified atom stereocenters. The van der Waals surface area contributed by atoms with Crippen molar-refractivity contribution in [1.82, 2.24) is 4.98 Å². The van der Waals surface area contributed by atoms with E-state index in [0.29, 0.717) is 25.2 Å². The topological polar surface area (TPSA) is 71.5 Å². The summed E-state index contributed by atoms with van der Waals surface area (Å²) in [4.78, 5) is 14.3. The molecule has 0 fully saturated rings. The second-order valence-corrected chi connectivity index (χ2v) is 4.42. The normalized spacial score (nSPS) is 10.3. The molecule has 5 heteroatoms. The third-order valence-electron chi connectivity index (χ3n) is 2.92. The summed E-state index contributed by atoms with van der Waals surface area (Å²) >= 11 is 0. The Bertz CT molecular complexity index is 571. The SMILES string of the molecule is O=C([O-])Oc1ncccc1CCOCCc1ccccc1. The Morgan fingerprint density at radius 1 is 1.05 bits per heavy atom. The van der Waals surface area contributed by atoms with Crippen molar-refractivity contribution >= 4 is 6.16 Å². The zero-order chi connectivity index (χ0) is 14.9. The fourth-order valence-electron chi connectivity index (χ4n) is 1.90. The van der Waals surface area contributed by atoms with Crippen LogP contribution in [0.4, 0.5) is 4.79 Å². The maximum atomic E-state index is 10.4. The lowest BCUT2D eigenvalue weighted by Crippen LogP contribution is -2.27. The molecule has 0 spiro atoms. The monoisotopic (exact) mass is 286 g/mol. The Morgan fingerprint density at radius 2 is 1.81 bits per heavy atom. The van der Waals surface area contributed by atoms with Gasteiger partial charge in [-0.2, -0.15) is 0 Å². The summed E-state index contributed by atoms with van der Waals surface area (Å²) in [5.74, 6) is 0.0594. The number of rotatable bonds is 7. The molecule has 0 N–H and O–H groups in total. The van der Waals surface area contributed by atoms with E-state index in [1.165, 1.54) is 11.8 Å². The van der Waals surface area contributed by atoms with E-state index < -0.39 is 6.16 Å². The predicted molar refractivity (Wildman–Crippen MR) is 74.9 cm³/mol. The molecule has 2 rings (SSSR count). The van der Waals surface area contributed by atoms with Gasteiger partial charge < -0.3 is 19.4 Å². The van der Waals surface area contributed by atoms with Gasteiger partial charge in [-0.25, -0.2) is 4.98 Å². The number of benzene rings is 1. The van der Waals surface area contributed by atoms with Gasteiger partial charge in [0.25, 0.3) is 6.16 Å². The molecule has 5 nitrogen and oxygen atoms in total. The Labute approximate surface area is 123 Å². The summed E-state index contributed by atoms with van der Waals surface area (Å²) in [7, 11) is 0. The van der Waals surface area contributed by atoms with E-state index in [0.717, 1.165) is 6.42 Å². The van der Waals surface area contributed by atoms with E-state index in [1.807, 2.05) is 18.2 Å². The Balaban J connectivity index is 1.75. The number of carbonyl (C=O) groups is 1. The van der Waals surface area contributed by atoms with Gasteiger partial charge in [-0.15, -0.1) is 0 Å². The van der Waals surface area contributed by atoms with Crippen LogP contribution in [-0.4, -0.2) is 24.4 Å². The van der Waals surface area contributed by atoms with Crippen LogP contribution in [0.1, 0.15) is 11.1 Å². The molecular formula is C16H16NO4-. The van der Waals surface area contributed by atoms with Gasteiger partial charge in [0.05, 0.1) is 13.2 Å². The van der Waals surface area contributed by atoms with Crippen LogP contribution in [0.25, 0.3) is 0 Å². The quantitative estimate of drug-likeness (QED) is 0.571. The third kappa shape index (κ3) is 5.24. The van der Waals surface area contributed by atoms with E-state index in [-0.39, 0.29) is 5.88 Å². The van der Waals surface area contributed by atoms with Crippen LogP contribution >= 0.6 is 0 Å². The van der Waals surface area contributed by atoms with Gasteiger partial charge >= 0.3 is 0 Å². The third-order valence-corrected chi connectivity index (χ3v) is 2.92. The zero-order valence-corrected chi connectivity index (χ0v) is 11.5. The van der Waals surface area contributed by atoms with Crippen molar-refractivity contribution in [2.75, 3.05) is 13.2 Å². The van der Waals surface area contributed by atoms with Crippen molar-refractivity contribution in [2.45, 2.75) is 12.8 Å². The molecule has 1 aromatic heterocycles. The van der Waals surface area contributed by atoms with Crippen molar-refractivity contribution < 1.29 is 19.4 Å². The molecule has 1 aromatic carbocycles. The fraction of sp³-hybridized carbons (Fsp3) is 0.250. The highest BCUT2D eigenvalue weighted by atomic mass is 16.7. The van der Waals surface area contributed by atoms with Crippen molar-refractivity contribution in [3.05, 3.63) is 59.8 Å². The van der Waals surface area contributed by atoms with E-state index in [1.54, 1.807) is 12.1 Å². The number of hydrogen-bond acceptors (Lipinski definition) is 5. The highest BCUT2D eigenvalue weighted by Gasteiger charge is 2.02. The van der Waals surface area contributed by atoms with Crippen LogP contribution in [0.2, 0.25) is 0 Å². The molecule has 0 amide bonds. The molecule has 0 saturated carbocycles. The van der Waals surface area contributed by atoms with Crippen LogP contribution in [0.3, 0.4) is 0 Å². The van der Waals surface area contributed by atoms with E-state index in [4.69, 9.17) is 4.74 Å². The highest BCUT2D eigenvalue weighted by Crippen LogP contribution is 2.14. The van der Waals surface area contributed by atoms with Crippen molar-refractivity contribution in [1.29, 1.82) is 0 Å². The minimum atomic E-state index is -1.61. The average Bonchev–Trinajstić information content (AvgIpc) is 2.49. The summed E-state index contributed by atoms with van der Waals surface area (Å²) in [6.45, 7) is 1.09. The number of nitrogens with zero attached hydrogens (tertiary/aromatic N) is 1. The van der Waals surface area contributed by atoms with Gasteiger partial charge in [-0.3, -0.25) is 0 Å². The second kappa shape index (κ2) is 8.01. The molecule has 0 aliphatic carbocycles. The molecule has 0 radical (unpaired) electrons. The largest absolute Gasteiger partial charge is 0.496 e. The van der Waals surface area contributed by atoms with E-state index >= 15 is 0 Å². The van der Waals surface area contributed by atoms with Crippen molar-refractivity contribution in [2.24, 2.45) is 0 Å². The van der Waals surface area contributed by atoms with Crippen LogP contribution in [-0.2, 0) is 17.6 Å². The first-order chi connectivity index (χ1) is 10.3. The molecule has 0 atom stereocenters. The summed E-state index contributed by atoms with van der Waals surface area (Å²) in [5, 5.41) is 10.4. The zero-order valence-electron chi connectivity index (χ0n) is 11.5. The minimum Gasteiger partial charge on any atom is -0.496 e. The first-order valence-corrected chi connectivity index (χ1v) is 6.70. The highest BCUT2D eigenvalue weighted by molar-refractivity contribution is 5.58. The molecule has 0 aliphatic heterocycles. The first kappa shape index (κ1) is 15.0. The van der Waals surface area contributed by atoms with Gasteiger partial charge in [0, 0.05) is 6.20 Å². The molecule has 110 valence electrons. The minimum absolute atomic E-state index is 0.0594. The average molecular weight is 286 g/mol. The van der Waals surface area contributed by atoms with Crippen LogP contribution in [0, 0.1) is 0 Å². The second-order valence-electron chi connectivity index (χ2n) is 4.42. The number of hydrogen-bond donors (Lipinski definition) is 0. The van der Waals surface area contributed by atoms with Crippen LogP contribution in [0.15, 0.2) is 48.7 Å². The lowest BCUT2D eigenvalue weighted by atomic mass is 10.2. The molecule has 1 heterocycles. The number of carbonyl (C=O) groups excluding carboxylic acids is 1. The maximum Gasteiger partial charge on any atom is 0.258 e. The van der Waals surface area contributed by atoms with E-state index in [9.17, 15) is 9.90 Å². The summed E-state index contributed by atoms with van der Waals surface area (Å²) in [6, 6.07) is 13.6. The van der Waals surface area contributed by atoms with Gasteiger partial charge in [-0.05, 0) is 30.0 Å². The maximum absolute atomic E-state index is 10.4. The molecular weight excluding hydrogens is 270 g/mol. The molecule has 0 aliphatic rings. The van der Waals surface area contributed by atoms with Gasteiger partial charge in [0.1, 0.15) is 5.88 Å². The number of carboxylic acid groups (broad SMARTS) is 1. The Kier molecular flexibility index (Phi) is 5.72. The first-order valence-electron chi connectivity index (χ1n) is 6.70. The van der Waals surface area contributed by atoms with E-state index in [2.05, 4.69) is 21.9 Å². The standard InChI is InChI=1S/C16H17NO4/c18-16(19)21-15-14(7-4-10-17-15)9-12-20-11-8-13-5-2-1-3-6-13/h1-7,10H,8-9,11-12H2,(H,18,19)/p-1. The number of pyridine rings is 1. The fourth-order valence-corrected chi connectivity index (χ4v) is 1.90. The Hall–Kier alpha value is -2.40. The number of aromatic nitrogens is 1. The van der Waals surface area contributed by atoms with Gasteiger partial charge in [-0.1, -0.05) is 36.4 Å². The van der Waals surface area contributed by atoms with Gasteiger partial charge in [0.15, 0.2) is 0 Å². The molecule has 21 heavy (non-hydrogen) atoms. The summed E-state index contributed by atoms with van der Waals surface area (Å²) in [5.41, 5.74) is 1.90. The Morgan fingerprint density at radius 3 is 2.57 bits per heavy atom. The van der Waals surface area contributed by atoms with Crippen LogP contribution in [0.5, 0.6) is 5.88 Å². The lowest BCUT2D eigenvalue weighted by Gasteiger charge is -2.12. The predicted octanol–water partition coefficient (Wildman–Crippen LogP) is 1.61. The smallest absolute Gasteiger partial charge is 0.258 e.